The molecule has 2 nitrogen and oxygen atoms in total. The minimum atomic E-state index is 0.161. The van der Waals surface area contributed by atoms with Gasteiger partial charge in [0, 0.05) is 6.61 Å². The van der Waals surface area contributed by atoms with E-state index in [1.807, 2.05) is 6.92 Å². The second-order valence-electron chi connectivity index (χ2n) is 3.40. The Kier molecular flexibility index (Phi) is 7.11. The van der Waals surface area contributed by atoms with Crippen molar-refractivity contribution in [1.82, 2.24) is 0 Å². The third-order valence-electron chi connectivity index (χ3n) is 2.02. The van der Waals surface area contributed by atoms with E-state index in [0.717, 1.165) is 24.8 Å². The monoisotopic (exact) mass is 172 g/mol. The molecule has 0 spiro atoms. The van der Waals surface area contributed by atoms with Crippen molar-refractivity contribution in [2.75, 3.05) is 13.2 Å². The average Bonchev–Trinajstić information content (AvgIpc) is 2.04. The molecule has 0 bridgehead atoms. The summed E-state index contributed by atoms with van der Waals surface area (Å²) in [5.41, 5.74) is 1.03. The van der Waals surface area contributed by atoms with Crippen molar-refractivity contribution in [2.45, 2.75) is 33.1 Å². The highest BCUT2D eigenvalue weighted by molar-refractivity contribution is 4.97. The fourth-order valence-corrected chi connectivity index (χ4v) is 1.04. The molecule has 2 N–H and O–H groups in total. The summed E-state index contributed by atoms with van der Waals surface area (Å²) in [4.78, 5) is 0. The van der Waals surface area contributed by atoms with E-state index in [9.17, 15) is 0 Å². The molecule has 12 heavy (non-hydrogen) atoms. The lowest BCUT2D eigenvalue weighted by molar-refractivity contribution is 0.259. The highest BCUT2D eigenvalue weighted by atomic mass is 16.3. The van der Waals surface area contributed by atoms with E-state index >= 15 is 0 Å². The van der Waals surface area contributed by atoms with Crippen LogP contribution in [-0.4, -0.2) is 23.4 Å². The number of rotatable bonds is 6. The van der Waals surface area contributed by atoms with Gasteiger partial charge >= 0.3 is 0 Å². The van der Waals surface area contributed by atoms with E-state index in [2.05, 4.69) is 13.0 Å². The zero-order chi connectivity index (χ0) is 9.40. The van der Waals surface area contributed by atoms with Crippen LogP contribution in [0.5, 0.6) is 0 Å². The van der Waals surface area contributed by atoms with Gasteiger partial charge in [0.25, 0.3) is 0 Å². The first-order chi connectivity index (χ1) is 5.70. The van der Waals surface area contributed by atoms with E-state index in [1.165, 1.54) is 0 Å². The zero-order valence-electron chi connectivity index (χ0n) is 8.08. The van der Waals surface area contributed by atoms with Crippen molar-refractivity contribution in [3.8, 4) is 0 Å². The first-order valence-corrected chi connectivity index (χ1v) is 4.58. The summed E-state index contributed by atoms with van der Waals surface area (Å²) in [5, 5.41) is 17.3. The standard InChI is InChI=1S/C10H20O2/c1-9(6-7-11)4-3-5-10(2)8-12/h5,9,11-12H,3-4,6-8H2,1-2H3. The summed E-state index contributed by atoms with van der Waals surface area (Å²) in [6, 6.07) is 0. The predicted molar refractivity (Wildman–Crippen MR) is 50.9 cm³/mol. The van der Waals surface area contributed by atoms with Gasteiger partial charge in [0.2, 0.25) is 0 Å². The summed E-state index contributed by atoms with van der Waals surface area (Å²) in [6.45, 7) is 4.51. The molecule has 1 atom stereocenters. The second-order valence-corrected chi connectivity index (χ2v) is 3.40. The Morgan fingerprint density at radius 1 is 1.33 bits per heavy atom. The van der Waals surface area contributed by atoms with Crippen molar-refractivity contribution in [3.63, 3.8) is 0 Å². The Bertz CT molecular complexity index is 130. The van der Waals surface area contributed by atoms with Crippen LogP contribution < -0.4 is 0 Å². The maximum atomic E-state index is 8.70. The number of hydrogen-bond donors (Lipinski definition) is 2. The van der Waals surface area contributed by atoms with E-state index in [4.69, 9.17) is 10.2 Å². The highest BCUT2D eigenvalue weighted by Gasteiger charge is 1.98. The zero-order valence-corrected chi connectivity index (χ0v) is 8.08. The molecule has 0 saturated heterocycles. The van der Waals surface area contributed by atoms with Gasteiger partial charge in [-0.05, 0) is 32.1 Å². The molecule has 0 aromatic rings. The van der Waals surface area contributed by atoms with E-state index in [-0.39, 0.29) is 13.2 Å². The van der Waals surface area contributed by atoms with Crippen LogP contribution in [0.2, 0.25) is 0 Å². The summed E-state index contributed by atoms with van der Waals surface area (Å²) in [6.07, 6.45) is 5.05. The van der Waals surface area contributed by atoms with E-state index in [0.29, 0.717) is 5.92 Å². The van der Waals surface area contributed by atoms with Gasteiger partial charge in [-0.3, -0.25) is 0 Å². The normalized spacial score (nSPS) is 14.8. The molecule has 0 aliphatic rings. The summed E-state index contributed by atoms with van der Waals surface area (Å²) >= 11 is 0. The van der Waals surface area contributed by atoms with Crippen LogP contribution in [0, 0.1) is 5.92 Å². The molecular weight excluding hydrogens is 152 g/mol. The van der Waals surface area contributed by atoms with Crippen molar-refractivity contribution in [3.05, 3.63) is 11.6 Å². The molecule has 0 aromatic carbocycles. The smallest absolute Gasteiger partial charge is 0.0639 e. The van der Waals surface area contributed by atoms with Crippen LogP contribution >= 0.6 is 0 Å². The summed E-state index contributed by atoms with van der Waals surface area (Å²) < 4.78 is 0. The molecule has 0 aromatic heterocycles. The second kappa shape index (κ2) is 7.32. The van der Waals surface area contributed by atoms with Gasteiger partial charge in [-0.2, -0.15) is 0 Å². The van der Waals surface area contributed by atoms with Crippen molar-refractivity contribution >= 4 is 0 Å². The van der Waals surface area contributed by atoms with Crippen molar-refractivity contribution in [1.29, 1.82) is 0 Å². The maximum Gasteiger partial charge on any atom is 0.0639 e. The maximum absolute atomic E-state index is 8.70. The minimum Gasteiger partial charge on any atom is -0.396 e. The van der Waals surface area contributed by atoms with E-state index in [1.54, 1.807) is 0 Å². The van der Waals surface area contributed by atoms with Gasteiger partial charge in [0.05, 0.1) is 6.61 Å². The Morgan fingerprint density at radius 3 is 2.50 bits per heavy atom. The Hall–Kier alpha value is -0.340. The van der Waals surface area contributed by atoms with Crippen molar-refractivity contribution in [2.24, 2.45) is 5.92 Å². The van der Waals surface area contributed by atoms with Gasteiger partial charge in [-0.1, -0.05) is 18.6 Å². The first kappa shape index (κ1) is 11.7. The molecule has 0 aliphatic carbocycles. The van der Waals surface area contributed by atoms with Gasteiger partial charge in [-0.25, -0.2) is 0 Å². The molecule has 0 fully saturated rings. The van der Waals surface area contributed by atoms with Crippen LogP contribution in [0.3, 0.4) is 0 Å². The van der Waals surface area contributed by atoms with Gasteiger partial charge in [0.15, 0.2) is 0 Å². The average molecular weight is 172 g/mol. The number of hydrogen-bond acceptors (Lipinski definition) is 2. The molecule has 72 valence electrons. The Balaban J connectivity index is 3.41. The molecule has 0 amide bonds. The first-order valence-electron chi connectivity index (χ1n) is 4.58. The Labute approximate surface area is 74.9 Å². The fraction of sp³-hybridized carbons (Fsp3) is 0.800. The SMILES string of the molecule is CC(=CCCC(C)CCO)CO. The van der Waals surface area contributed by atoms with Crippen LogP contribution in [0.15, 0.2) is 11.6 Å². The summed E-state index contributed by atoms with van der Waals surface area (Å²) in [5.74, 6) is 0.581. The van der Waals surface area contributed by atoms with Crippen LogP contribution in [0.25, 0.3) is 0 Å². The van der Waals surface area contributed by atoms with Crippen LogP contribution in [-0.2, 0) is 0 Å². The molecule has 0 saturated carbocycles. The number of allylic oxidation sites excluding steroid dienone is 1. The molecule has 2 heteroatoms. The predicted octanol–water partition coefficient (Wildman–Crippen LogP) is 1.72. The van der Waals surface area contributed by atoms with Crippen LogP contribution in [0.4, 0.5) is 0 Å². The lowest BCUT2D eigenvalue weighted by Crippen LogP contribution is -1.97. The van der Waals surface area contributed by atoms with Gasteiger partial charge in [-0.15, -0.1) is 0 Å². The molecule has 1 unspecified atom stereocenters. The minimum absolute atomic E-state index is 0.161. The molecule has 0 rings (SSSR count). The molecular formula is C10H20O2. The fourth-order valence-electron chi connectivity index (χ4n) is 1.04. The largest absolute Gasteiger partial charge is 0.396 e. The molecule has 0 heterocycles. The third-order valence-corrected chi connectivity index (χ3v) is 2.02. The highest BCUT2D eigenvalue weighted by Crippen LogP contribution is 2.10. The van der Waals surface area contributed by atoms with Crippen molar-refractivity contribution < 1.29 is 10.2 Å². The number of aliphatic hydroxyl groups excluding tert-OH is 2. The topological polar surface area (TPSA) is 40.5 Å². The lowest BCUT2D eigenvalue weighted by Gasteiger charge is -2.06. The van der Waals surface area contributed by atoms with E-state index < -0.39 is 0 Å². The quantitative estimate of drug-likeness (QED) is 0.599. The molecule has 0 aliphatic heterocycles. The molecule has 0 radical (unpaired) electrons. The lowest BCUT2D eigenvalue weighted by atomic mass is 10.0. The third kappa shape index (κ3) is 6.38. The Morgan fingerprint density at radius 2 is 2.00 bits per heavy atom. The van der Waals surface area contributed by atoms with Gasteiger partial charge in [0.1, 0.15) is 0 Å². The number of aliphatic hydroxyl groups is 2. The van der Waals surface area contributed by atoms with Crippen LogP contribution in [0.1, 0.15) is 33.1 Å². The summed E-state index contributed by atoms with van der Waals surface area (Å²) in [7, 11) is 0. The van der Waals surface area contributed by atoms with Gasteiger partial charge < -0.3 is 10.2 Å².